The number of allylic oxidation sites excluding steroid dienone is 1. The molecular weight excluding hydrogens is 504 g/mol. The second-order valence-corrected chi connectivity index (χ2v) is 12.9. The van der Waals surface area contributed by atoms with E-state index in [9.17, 15) is 19.2 Å². The largest absolute Gasteiger partial charge is 0.462 e. The van der Waals surface area contributed by atoms with Crippen LogP contribution in [0.25, 0.3) is 0 Å². The van der Waals surface area contributed by atoms with Gasteiger partial charge in [0.05, 0.1) is 6.42 Å². The van der Waals surface area contributed by atoms with Gasteiger partial charge in [-0.15, -0.1) is 11.3 Å². The van der Waals surface area contributed by atoms with Gasteiger partial charge in [0.15, 0.2) is 5.78 Å². The van der Waals surface area contributed by atoms with Gasteiger partial charge in [0, 0.05) is 37.0 Å². The van der Waals surface area contributed by atoms with Crippen molar-refractivity contribution in [3.05, 3.63) is 45.7 Å². The third-order valence-corrected chi connectivity index (χ3v) is 9.75. The number of esters is 3. The maximum Gasteiger partial charge on any atom is 0.311 e. The molecule has 0 unspecified atom stereocenters. The van der Waals surface area contributed by atoms with Crippen LogP contribution in [0.5, 0.6) is 0 Å². The average molecular weight is 543 g/mol. The second kappa shape index (κ2) is 10.4. The topological polar surface area (TPSA) is 96.0 Å². The van der Waals surface area contributed by atoms with Gasteiger partial charge in [-0.05, 0) is 65.2 Å². The molecule has 3 aliphatic carbocycles. The van der Waals surface area contributed by atoms with Gasteiger partial charge >= 0.3 is 17.9 Å². The van der Waals surface area contributed by atoms with Gasteiger partial charge in [0.2, 0.25) is 0 Å². The second-order valence-electron chi connectivity index (χ2n) is 11.9. The zero-order valence-electron chi connectivity index (χ0n) is 23.1. The monoisotopic (exact) mass is 542 g/mol. The number of rotatable bonds is 5. The van der Waals surface area contributed by atoms with E-state index in [4.69, 9.17) is 14.2 Å². The maximum absolute atomic E-state index is 13.3. The average Bonchev–Trinajstić information content (AvgIpc) is 3.29. The summed E-state index contributed by atoms with van der Waals surface area (Å²) in [6.45, 7) is 15.1. The Morgan fingerprint density at radius 2 is 1.76 bits per heavy atom. The van der Waals surface area contributed by atoms with Gasteiger partial charge in [0.25, 0.3) is 0 Å². The van der Waals surface area contributed by atoms with Crippen molar-refractivity contribution >= 4 is 35.0 Å². The highest BCUT2D eigenvalue weighted by Crippen LogP contribution is 2.59. The molecule has 2 bridgehead atoms. The van der Waals surface area contributed by atoms with E-state index in [0.717, 1.165) is 10.5 Å². The van der Waals surface area contributed by atoms with Crippen LogP contribution in [0.1, 0.15) is 72.1 Å². The molecule has 0 aliphatic heterocycles. The highest BCUT2D eigenvalue weighted by Gasteiger charge is 2.59. The summed E-state index contributed by atoms with van der Waals surface area (Å²) >= 11 is 1.50. The fourth-order valence-corrected chi connectivity index (χ4v) is 7.89. The van der Waals surface area contributed by atoms with Crippen molar-refractivity contribution in [1.82, 2.24) is 0 Å². The van der Waals surface area contributed by atoms with E-state index >= 15 is 0 Å². The van der Waals surface area contributed by atoms with Crippen LogP contribution in [0.15, 0.2) is 40.8 Å². The summed E-state index contributed by atoms with van der Waals surface area (Å²) in [5, 5.41) is 1.92. The molecule has 1 aromatic heterocycles. The molecule has 0 spiro atoms. The zero-order valence-corrected chi connectivity index (χ0v) is 23.9. The first-order valence-corrected chi connectivity index (χ1v) is 14.1. The van der Waals surface area contributed by atoms with Crippen molar-refractivity contribution in [2.45, 2.75) is 92.0 Å². The number of thiophene rings is 1. The van der Waals surface area contributed by atoms with Crippen LogP contribution in [0.2, 0.25) is 0 Å². The van der Waals surface area contributed by atoms with Crippen molar-refractivity contribution in [1.29, 1.82) is 0 Å². The fraction of sp³-hybridized carbons (Fsp3) is 0.600. The molecular formula is C30H38O7S. The molecule has 7 nitrogen and oxygen atoms in total. The lowest BCUT2D eigenvalue weighted by atomic mass is 9.50. The highest BCUT2D eigenvalue weighted by molar-refractivity contribution is 7.10. The number of ketones is 1. The van der Waals surface area contributed by atoms with E-state index < -0.39 is 47.0 Å². The third kappa shape index (κ3) is 5.24. The molecule has 0 amide bonds. The Bertz CT molecular complexity index is 1180. The molecule has 0 N–H and O–H groups in total. The Labute approximate surface area is 228 Å². The molecule has 1 heterocycles. The first-order chi connectivity index (χ1) is 17.7. The molecule has 206 valence electrons. The molecule has 38 heavy (non-hydrogen) atoms. The standard InChI is InChI=1S/C30H38O7S/c1-16-22(33)14-21-28(36-19(4)32)27-17(2)23(37-25(34)13-20-9-8-12-38-20)10-11-30(27,7)15-24(35-18(3)31)26(16)29(21,5)6/h8-9,12,21,23-24,27-28H,2,10-11,13-15H2,1,3-7H3/t21-,23-,24-,27-,28+,30-/m0/s1. The van der Waals surface area contributed by atoms with Crippen molar-refractivity contribution < 1.29 is 33.4 Å². The smallest absolute Gasteiger partial charge is 0.311 e. The highest BCUT2D eigenvalue weighted by atomic mass is 32.1. The molecule has 0 saturated heterocycles. The van der Waals surface area contributed by atoms with E-state index in [2.05, 4.69) is 13.5 Å². The predicted molar refractivity (Wildman–Crippen MR) is 143 cm³/mol. The summed E-state index contributed by atoms with van der Waals surface area (Å²) in [6, 6.07) is 3.79. The van der Waals surface area contributed by atoms with Crippen LogP contribution < -0.4 is 0 Å². The number of hydrogen-bond donors (Lipinski definition) is 0. The van der Waals surface area contributed by atoms with Crippen LogP contribution in [0.4, 0.5) is 0 Å². The van der Waals surface area contributed by atoms with E-state index in [-0.39, 0.29) is 30.5 Å². The van der Waals surface area contributed by atoms with Gasteiger partial charge in [-0.25, -0.2) is 0 Å². The lowest BCUT2D eigenvalue weighted by molar-refractivity contribution is -0.172. The zero-order chi connectivity index (χ0) is 28.0. The number of ether oxygens (including phenoxy) is 3. The summed E-state index contributed by atoms with van der Waals surface area (Å²) in [7, 11) is 0. The van der Waals surface area contributed by atoms with E-state index in [1.807, 2.05) is 31.4 Å². The van der Waals surface area contributed by atoms with Crippen LogP contribution in [-0.2, 0) is 39.8 Å². The molecule has 0 radical (unpaired) electrons. The SMILES string of the molecule is C=C1[C@@H](OC(=O)Cc2cccs2)CC[C@@]2(C)C[C@H](OC(C)=O)C3=C(C)C(=O)C[C@@H]([C@@H](OC(C)=O)[C@H]12)C3(C)C. The van der Waals surface area contributed by atoms with Crippen molar-refractivity contribution in [3.63, 3.8) is 0 Å². The Kier molecular flexibility index (Phi) is 7.77. The molecule has 3 aliphatic rings. The van der Waals surface area contributed by atoms with Crippen LogP contribution in [0.3, 0.4) is 0 Å². The molecule has 0 aromatic carbocycles. The molecule has 1 aromatic rings. The van der Waals surface area contributed by atoms with Crippen molar-refractivity contribution in [2.75, 3.05) is 0 Å². The Hall–Kier alpha value is -2.74. The van der Waals surface area contributed by atoms with Crippen LogP contribution in [0, 0.1) is 22.7 Å². The molecule has 2 saturated carbocycles. The first-order valence-electron chi connectivity index (χ1n) is 13.2. The molecule has 8 heteroatoms. The summed E-state index contributed by atoms with van der Waals surface area (Å²) in [6.07, 6.45) is 0.265. The minimum atomic E-state index is -0.649. The first kappa shape index (κ1) is 28.3. The molecule has 6 atom stereocenters. The van der Waals surface area contributed by atoms with Gasteiger partial charge < -0.3 is 14.2 Å². The van der Waals surface area contributed by atoms with E-state index in [1.54, 1.807) is 6.92 Å². The van der Waals surface area contributed by atoms with Gasteiger partial charge in [-0.3, -0.25) is 19.2 Å². The van der Waals surface area contributed by atoms with Gasteiger partial charge in [-0.1, -0.05) is 33.4 Å². The van der Waals surface area contributed by atoms with Crippen LogP contribution in [-0.4, -0.2) is 42.0 Å². The fourth-order valence-electron chi connectivity index (χ4n) is 7.20. The summed E-state index contributed by atoms with van der Waals surface area (Å²) in [4.78, 5) is 51.7. The van der Waals surface area contributed by atoms with Crippen molar-refractivity contribution in [3.8, 4) is 0 Å². The normalized spacial score (nSPS) is 32.5. The quantitative estimate of drug-likeness (QED) is 0.280. The Morgan fingerprint density at radius 1 is 1.08 bits per heavy atom. The summed E-state index contributed by atoms with van der Waals surface area (Å²) in [5.41, 5.74) is 1.04. The minimum Gasteiger partial charge on any atom is -0.462 e. The van der Waals surface area contributed by atoms with E-state index in [1.165, 1.54) is 25.2 Å². The number of carbonyl (C=O) groups is 4. The Morgan fingerprint density at radius 3 is 2.37 bits per heavy atom. The number of fused-ring (bicyclic) bond motifs is 3. The minimum absolute atomic E-state index is 0.0393. The summed E-state index contributed by atoms with van der Waals surface area (Å²) < 4.78 is 17.9. The molecule has 2 fully saturated rings. The number of Topliss-reactive ketones (excluding diaryl/α,β-unsaturated/α-hetero) is 1. The van der Waals surface area contributed by atoms with Crippen molar-refractivity contribution in [2.24, 2.45) is 22.7 Å². The molecule has 4 rings (SSSR count). The Balaban J connectivity index is 1.77. The number of carbonyl (C=O) groups excluding carboxylic acids is 4. The number of hydrogen-bond acceptors (Lipinski definition) is 8. The van der Waals surface area contributed by atoms with Gasteiger partial charge in [-0.2, -0.15) is 0 Å². The third-order valence-electron chi connectivity index (χ3n) is 8.87. The van der Waals surface area contributed by atoms with Gasteiger partial charge in [0.1, 0.15) is 18.3 Å². The van der Waals surface area contributed by atoms with Crippen LogP contribution >= 0.6 is 11.3 Å². The maximum atomic E-state index is 13.3. The lowest BCUT2D eigenvalue weighted by Gasteiger charge is -2.57. The summed E-state index contributed by atoms with van der Waals surface area (Å²) in [5.74, 6) is -1.97. The predicted octanol–water partition coefficient (Wildman–Crippen LogP) is 5.37. The lowest BCUT2D eigenvalue weighted by Crippen LogP contribution is -2.58. The van der Waals surface area contributed by atoms with E-state index in [0.29, 0.717) is 30.4 Å².